The Bertz CT molecular complexity index is 2890. The van der Waals surface area contributed by atoms with E-state index in [0.717, 1.165) is 5.70 Å². The Kier molecular flexibility index (Phi) is 6.98. The number of aromatic nitrogens is 1. The van der Waals surface area contributed by atoms with Gasteiger partial charge in [0.2, 0.25) is 0 Å². The summed E-state index contributed by atoms with van der Waals surface area (Å²) < 4.78 is 2.44. The van der Waals surface area contributed by atoms with Gasteiger partial charge in [0.1, 0.15) is 0 Å². The van der Waals surface area contributed by atoms with Crippen molar-refractivity contribution in [2.45, 2.75) is 19.3 Å². The van der Waals surface area contributed by atoms with E-state index in [1.807, 2.05) is 0 Å². The summed E-state index contributed by atoms with van der Waals surface area (Å²) in [6.45, 7) is 5.77. The van der Waals surface area contributed by atoms with Crippen LogP contribution in [0.3, 0.4) is 0 Å². The fourth-order valence-corrected chi connectivity index (χ4v) is 8.95. The summed E-state index contributed by atoms with van der Waals surface area (Å²) in [4.78, 5) is 0. The van der Waals surface area contributed by atoms with Crippen molar-refractivity contribution in [3.63, 3.8) is 0 Å². The maximum absolute atomic E-state index is 5.94. The van der Waals surface area contributed by atoms with Crippen LogP contribution in [0.25, 0.3) is 82.1 Å². The molecule has 3 nitrogen and oxygen atoms in total. The zero-order chi connectivity index (χ0) is 35.0. The van der Waals surface area contributed by atoms with Crippen molar-refractivity contribution < 1.29 is 0 Å². The number of nitrogens with zero attached hydrogens (tertiary/aromatic N) is 1. The Balaban J connectivity index is 1.17. The molecule has 0 fully saturated rings. The van der Waals surface area contributed by atoms with Gasteiger partial charge in [0, 0.05) is 29.4 Å². The zero-order valence-corrected chi connectivity index (χ0v) is 29.4. The molecular weight excluding hydrogens is 631 g/mol. The molecule has 52 heavy (non-hydrogen) atoms. The molecule has 10 rings (SSSR count). The molecule has 9 aromatic rings. The highest BCUT2D eigenvalue weighted by atomic mass is 15.0. The van der Waals surface area contributed by atoms with Crippen LogP contribution < -0.4 is 11.1 Å². The molecule has 1 aromatic heterocycles. The van der Waals surface area contributed by atoms with E-state index in [2.05, 4.69) is 181 Å². The van der Waals surface area contributed by atoms with Crippen LogP contribution in [0.4, 0.5) is 0 Å². The average molecular weight is 670 g/mol. The van der Waals surface area contributed by atoms with E-state index in [0.29, 0.717) is 13.2 Å². The second-order valence-electron chi connectivity index (χ2n) is 14.6. The van der Waals surface area contributed by atoms with Crippen molar-refractivity contribution in [1.82, 2.24) is 9.88 Å². The number of nitrogens with one attached hydrogen (secondary N) is 1. The maximum Gasteiger partial charge on any atom is 0.0541 e. The lowest BCUT2D eigenvalue weighted by molar-refractivity contribution is 0.660. The Morgan fingerprint density at radius 2 is 1.12 bits per heavy atom. The van der Waals surface area contributed by atoms with Crippen LogP contribution in [0.1, 0.15) is 30.5 Å². The van der Waals surface area contributed by atoms with Crippen LogP contribution in [0.15, 0.2) is 158 Å². The van der Waals surface area contributed by atoms with Crippen LogP contribution in [0.5, 0.6) is 0 Å². The third kappa shape index (κ3) is 4.53. The summed E-state index contributed by atoms with van der Waals surface area (Å²) in [7, 11) is 0. The Morgan fingerprint density at radius 1 is 0.538 bits per heavy atom. The van der Waals surface area contributed by atoms with Crippen molar-refractivity contribution in [2.24, 2.45) is 5.73 Å². The van der Waals surface area contributed by atoms with Gasteiger partial charge >= 0.3 is 0 Å². The van der Waals surface area contributed by atoms with Gasteiger partial charge in [-0.25, -0.2) is 0 Å². The molecule has 0 aliphatic heterocycles. The van der Waals surface area contributed by atoms with E-state index < -0.39 is 0 Å². The summed E-state index contributed by atoms with van der Waals surface area (Å²) in [6.07, 6.45) is 2.29. The third-order valence-corrected chi connectivity index (χ3v) is 11.5. The van der Waals surface area contributed by atoms with Gasteiger partial charge in [0.25, 0.3) is 0 Å². The first-order valence-electron chi connectivity index (χ1n) is 18.3. The van der Waals surface area contributed by atoms with E-state index in [4.69, 9.17) is 5.73 Å². The number of hydrogen-bond acceptors (Lipinski definition) is 2. The van der Waals surface area contributed by atoms with Gasteiger partial charge in [-0.15, -0.1) is 0 Å². The summed E-state index contributed by atoms with van der Waals surface area (Å²) in [5.41, 5.74) is 18.5. The standard InChI is InChI=1S/C49H39N3/c1-49(2)44-17-9-7-15-39(44)40-23-19-32(29-45(40)49)31-21-24-48-43(27-31)41-16-8-10-18-47(41)52(48)46(25-26-51-30-50)33-20-22-38-36-13-4-3-11-34(36)35-12-5-6-14-37(35)42(38)28-33/h3-25,27-29,51H,26,30,50H2,1-2H3/b46-25-. The second-order valence-corrected chi connectivity index (χ2v) is 14.6. The molecule has 0 bridgehead atoms. The smallest absolute Gasteiger partial charge is 0.0541 e. The van der Waals surface area contributed by atoms with Crippen molar-refractivity contribution in [1.29, 1.82) is 0 Å². The maximum atomic E-state index is 5.94. The molecule has 250 valence electrons. The molecule has 3 heteroatoms. The Hall–Kier alpha value is -6.00. The zero-order valence-electron chi connectivity index (χ0n) is 29.4. The summed E-state index contributed by atoms with van der Waals surface area (Å²) in [5.74, 6) is 0. The molecule has 3 N–H and O–H groups in total. The van der Waals surface area contributed by atoms with E-state index in [1.54, 1.807) is 0 Å². The Morgan fingerprint density at radius 3 is 1.87 bits per heavy atom. The van der Waals surface area contributed by atoms with Gasteiger partial charge in [-0.1, -0.05) is 135 Å². The van der Waals surface area contributed by atoms with Crippen molar-refractivity contribution >= 4 is 59.8 Å². The SMILES string of the molecule is CC1(C)c2ccccc2-c2ccc(-c3ccc4c(c3)c3ccccc3n4/C(=C\CNCN)c3ccc4c5ccccc5c5ccccc5c4c3)cc21. The van der Waals surface area contributed by atoms with Gasteiger partial charge in [-0.05, 0) is 108 Å². The molecule has 1 heterocycles. The minimum Gasteiger partial charge on any atom is -0.318 e. The fraction of sp³-hybridized carbons (Fsp3) is 0.102. The second kappa shape index (κ2) is 11.8. The molecule has 0 saturated carbocycles. The molecule has 0 saturated heterocycles. The first-order chi connectivity index (χ1) is 25.5. The molecule has 0 unspecified atom stereocenters. The molecule has 1 aliphatic rings. The predicted molar refractivity (Wildman–Crippen MR) is 222 cm³/mol. The van der Waals surface area contributed by atoms with Crippen LogP contribution in [0, 0.1) is 0 Å². The average Bonchev–Trinajstić information content (AvgIpc) is 3.64. The normalized spacial score (nSPS) is 13.8. The number of fused-ring (bicyclic) bond motifs is 12. The largest absolute Gasteiger partial charge is 0.318 e. The lowest BCUT2D eigenvalue weighted by Gasteiger charge is -2.22. The lowest BCUT2D eigenvalue weighted by atomic mass is 9.81. The van der Waals surface area contributed by atoms with Gasteiger partial charge in [-0.3, -0.25) is 0 Å². The fourth-order valence-electron chi connectivity index (χ4n) is 8.95. The van der Waals surface area contributed by atoms with Crippen LogP contribution >= 0.6 is 0 Å². The number of hydrogen-bond donors (Lipinski definition) is 2. The topological polar surface area (TPSA) is 43.0 Å². The highest BCUT2D eigenvalue weighted by Crippen LogP contribution is 2.50. The van der Waals surface area contributed by atoms with Crippen LogP contribution in [-0.2, 0) is 5.41 Å². The highest BCUT2D eigenvalue weighted by molar-refractivity contribution is 6.25. The summed E-state index contributed by atoms with van der Waals surface area (Å²) in [5, 5.41) is 13.5. The molecular formula is C49H39N3. The van der Waals surface area contributed by atoms with Gasteiger partial charge in [-0.2, -0.15) is 0 Å². The molecule has 8 aromatic carbocycles. The van der Waals surface area contributed by atoms with E-state index in [9.17, 15) is 0 Å². The number of rotatable bonds is 6. The number of para-hydroxylation sites is 1. The van der Waals surface area contributed by atoms with E-state index in [-0.39, 0.29) is 5.41 Å². The minimum absolute atomic E-state index is 0.0448. The van der Waals surface area contributed by atoms with Crippen molar-refractivity contribution in [3.05, 3.63) is 174 Å². The first kappa shape index (κ1) is 30.8. The number of nitrogens with two attached hydrogens (primary N) is 1. The quantitative estimate of drug-likeness (QED) is 0.105. The van der Waals surface area contributed by atoms with E-state index >= 15 is 0 Å². The van der Waals surface area contributed by atoms with Crippen molar-refractivity contribution in [2.75, 3.05) is 13.2 Å². The minimum atomic E-state index is -0.0448. The van der Waals surface area contributed by atoms with Crippen LogP contribution in [-0.4, -0.2) is 17.8 Å². The lowest BCUT2D eigenvalue weighted by Crippen LogP contribution is -2.22. The van der Waals surface area contributed by atoms with E-state index in [1.165, 1.54) is 93.1 Å². The highest BCUT2D eigenvalue weighted by Gasteiger charge is 2.35. The molecule has 0 amide bonds. The van der Waals surface area contributed by atoms with Gasteiger partial charge < -0.3 is 15.6 Å². The monoisotopic (exact) mass is 669 g/mol. The molecule has 1 aliphatic carbocycles. The molecule has 0 radical (unpaired) electrons. The summed E-state index contributed by atoms with van der Waals surface area (Å²) >= 11 is 0. The van der Waals surface area contributed by atoms with Crippen LogP contribution in [0.2, 0.25) is 0 Å². The molecule has 0 spiro atoms. The van der Waals surface area contributed by atoms with Crippen molar-refractivity contribution in [3.8, 4) is 22.3 Å². The van der Waals surface area contributed by atoms with Gasteiger partial charge in [0.15, 0.2) is 0 Å². The third-order valence-electron chi connectivity index (χ3n) is 11.5. The predicted octanol–water partition coefficient (Wildman–Crippen LogP) is 11.6. The summed E-state index contributed by atoms with van der Waals surface area (Å²) in [6, 6.07) is 56.2. The number of benzene rings is 8. The Labute approximate surface area is 303 Å². The molecule has 0 atom stereocenters. The first-order valence-corrected chi connectivity index (χ1v) is 18.3. The van der Waals surface area contributed by atoms with Gasteiger partial charge in [0.05, 0.1) is 16.7 Å².